The molecule has 36 heavy (non-hydrogen) atoms. The molecule has 0 radical (unpaired) electrons. The van der Waals surface area contributed by atoms with Crippen molar-refractivity contribution in [3.63, 3.8) is 0 Å². The first-order chi connectivity index (χ1) is 17.3. The Hall–Kier alpha value is -4.42. The van der Waals surface area contributed by atoms with Crippen LogP contribution in [-0.2, 0) is 21.3 Å². The summed E-state index contributed by atoms with van der Waals surface area (Å²) in [5, 5.41) is 12.1. The van der Waals surface area contributed by atoms with Crippen molar-refractivity contribution in [3.8, 4) is 17.6 Å². The lowest BCUT2D eigenvalue weighted by Crippen LogP contribution is -2.14. The number of benzene rings is 3. The van der Waals surface area contributed by atoms with Gasteiger partial charge in [-0.15, -0.1) is 6.58 Å². The van der Waals surface area contributed by atoms with Crippen molar-refractivity contribution in [3.05, 3.63) is 102 Å². The minimum Gasteiger partial charge on any atom is -0.490 e. The molecule has 0 heterocycles. The second-order valence-corrected chi connectivity index (χ2v) is 8.96. The molecule has 0 atom stereocenters. The Morgan fingerprint density at radius 1 is 1.14 bits per heavy atom. The molecule has 184 valence electrons. The molecule has 3 aromatic carbocycles. The van der Waals surface area contributed by atoms with Crippen molar-refractivity contribution in [1.82, 2.24) is 0 Å². The van der Waals surface area contributed by atoms with Gasteiger partial charge in [-0.25, -0.2) is 4.39 Å². The fourth-order valence-electron chi connectivity index (χ4n) is 3.22. The first kappa shape index (κ1) is 26.2. The summed E-state index contributed by atoms with van der Waals surface area (Å²) in [6.07, 6.45) is 3.13. The Morgan fingerprint density at radius 2 is 1.83 bits per heavy atom. The third-order valence-electron chi connectivity index (χ3n) is 4.82. The number of amides is 1. The summed E-state index contributed by atoms with van der Waals surface area (Å²) in [6.45, 7) is 5.64. The van der Waals surface area contributed by atoms with E-state index < -0.39 is 21.8 Å². The zero-order chi connectivity index (χ0) is 26.1. The maximum absolute atomic E-state index is 13.1. The van der Waals surface area contributed by atoms with E-state index in [2.05, 4.69) is 11.9 Å². The fourth-order valence-corrected chi connectivity index (χ4v) is 4.22. The molecule has 7 nitrogen and oxygen atoms in total. The first-order valence-corrected chi connectivity index (χ1v) is 12.3. The van der Waals surface area contributed by atoms with Crippen molar-refractivity contribution in [1.29, 1.82) is 5.26 Å². The number of nitriles is 1. The number of anilines is 1. The first-order valence-electron chi connectivity index (χ1n) is 10.9. The van der Waals surface area contributed by atoms with E-state index in [1.165, 1.54) is 48.5 Å². The average molecular weight is 507 g/mol. The van der Waals surface area contributed by atoms with Crippen molar-refractivity contribution >= 4 is 27.8 Å². The fraction of sp³-hybridized carbons (Fsp3) is 0.111. The summed E-state index contributed by atoms with van der Waals surface area (Å²) in [7, 11) is -4.16. The molecular formula is C27H23FN2O5S. The molecule has 0 aliphatic carbocycles. The van der Waals surface area contributed by atoms with E-state index in [-0.39, 0.29) is 35.0 Å². The van der Waals surface area contributed by atoms with Gasteiger partial charge in [0.15, 0.2) is 11.5 Å². The van der Waals surface area contributed by atoms with Gasteiger partial charge in [-0.05, 0) is 73.5 Å². The van der Waals surface area contributed by atoms with E-state index in [9.17, 15) is 22.9 Å². The molecule has 0 unspecified atom stereocenters. The third kappa shape index (κ3) is 6.58. The Labute approximate surface area is 209 Å². The van der Waals surface area contributed by atoms with Crippen LogP contribution in [0.1, 0.15) is 18.1 Å². The Balaban J connectivity index is 2.01. The second-order valence-electron chi connectivity index (χ2n) is 7.41. The van der Waals surface area contributed by atoms with Crippen LogP contribution in [-0.4, -0.2) is 20.9 Å². The van der Waals surface area contributed by atoms with Crippen LogP contribution in [0, 0.1) is 17.1 Å². The molecular weight excluding hydrogens is 483 g/mol. The zero-order valence-electron chi connectivity index (χ0n) is 19.4. The molecule has 1 amide bonds. The third-order valence-corrected chi connectivity index (χ3v) is 6.06. The van der Waals surface area contributed by atoms with Gasteiger partial charge in [0, 0.05) is 11.3 Å². The van der Waals surface area contributed by atoms with Gasteiger partial charge < -0.3 is 14.2 Å². The number of nitrogens with zero attached hydrogens (tertiary/aromatic N) is 1. The smallest absolute Gasteiger partial charge is 0.339 e. The lowest BCUT2D eigenvalue weighted by Gasteiger charge is -2.16. The molecule has 3 rings (SSSR count). The topological polar surface area (TPSA) is 105 Å². The number of ether oxygens (including phenoxy) is 1. The van der Waals surface area contributed by atoms with Crippen LogP contribution >= 0.6 is 0 Å². The maximum atomic E-state index is 13.1. The number of halogens is 1. The molecule has 0 aromatic heterocycles. The molecule has 0 saturated carbocycles. The van der Waals surface area contributed by atoms with Crippen LogP contribution in [0.4, 0.5) is 10.1 Å². The lowest BCUT2D eigenvalue weighted by molar-refractivity contribution is -0.112. The lowest BCUT2D eigenvalue weighted by atomic mass is 10.0. The number of hydrogen-bond donors (Lipinski definition) is 1. The molecule has 0 saturated heterocycles. The predicted molar refractivity (Wildman–Crippen MR) is 134 cm³/mol. The monoisotopic (exact) mass is 506 g/mol. The van der Waals surface area contributed by atoms with Crippen molar-refractivity contribution in [2.75, 3.05) is 11.9 Å². The molecule has 3 aromatic rings. The number of rotatable bonds is 10. The van der Waals surface area contributed by atoms with Crippen LogP contribution in [0.25, 0.3) is 6.08 Å². The summed E-state index contributed by atoms with van der Waals surface area (Å²) >= 11 is 0. The van der Waals surface area contributed by atoms with Crippen LogP contribution in [0.3, 0.4) is 0 Å². The molecule has 0 bridgehead atoms. The summed E-state index contributed by atoms with van der Waals surface area (Å²) in [5.41, 5.74) is 0.931. The van der Waals surface area contributed by atoms with Gasteiger partial charge in [-0.3, -0.25) is 4.79 Å². The number of allylic oxidation sites excluding steroid dienone is 1. The number of nitrogens with one attached hydrogen (secondary N) is 1. The molecule has 0 spiro atoms. The van der Waals surface area contributed by atoms with E-state index in [0.717, 1.165) is 0 Å². The highest BCUT2D eigenvalue weighted by atomic mass is 32.2. The van der Waals surface area contributed by atoms with E-state index >= 15 is 0 Å². The van der Waals surface area contributed by atoms with E-state index in [1.807, 2.05) is 6.07 Å². The molecule has 9 heteroatoms. The highest BCUT2D eigenvalue weighted by Gasteiger charge is 2.22. The van der Waals surface area contributed by atoms with Gasteiger partial charge in [-0.1, -0.05) is 24.3 Å². The van der Waals surface area contributed by atoms with E-state index in [4.69, 9.17) is 8.92 Å². The molecule has 0 aliphatic heterocycles. The molecule has 1 N–H and O–H groups in total. The zero-order valence-corrected chi connectivity index (χ0v) is 20.2. The summed E-state index contributed by atoms with van der Waals surface area (Å²) in [5.74, 6) is -1.04. The van der Waals surface area contributed by atoms with Crippen LogP contribution in [0.5, 0.6) is 11.5 Å². The predicted octanol–water partition coefficient (Wildman–Crippen LogP) is 5.27. The minimum absolute atomic E-state index is 0.00738. The van der Waals surface area contributed by atoms with Gasteiger partial charge in [0.2, 0.25) is 0 Å². The summed E-state index contributed by atoms with van der Waals surface area (Å²) in [6, 6.07) is 17.7. The number of carbonyl (C=O) groups is 1. The van der Waals surface area contributed by atoms with Gasteiger partial charge in [0.25, 0.3) is 5.91 Å². The Kier molecular flexibility index (Phi) is 8.60. The second kappa shape index (κ2) is 11.8. The van der Waals surface area contributed by atoms with Crippen molar-refractivity contribution < 1.29 is 26.5 Å². The van der Waals surface area contributed by atoms with Crippen LogP contribution < -0.4 is 14.2 Å². The van der Waals surface area contributed by atoms with Gasteiger partial charge >= 0.3 is 10.1 Å². The SMILES string of the molecule is C=CCc1cc(/C=C(\C#N)C(=O)Nc2ccc(F)cc2)cc(OCC)c1OS(=O)(=O)c1ccccc1. The molecule has 0 aliphatic rings. The van der Waals surface area contributed by atoms with E-state index in [1.54, 1.807) is 37.3 Å². The quantitative estimate of drug-likeness (QED) is 0.174. The summed E-state index contributed by atoms with van der Waals surface area (Å²) in [4.78, 5) is 12.6. The maximum Gasteiger partial charge on any atom is 0.339 e. The van der Waals surface area contributed by atoms with Crippen LogP contribution in [0.15, 0.2) is 89.9 Å². The highest BCUT2D eigenvalue weighted by molar-refractivity contribution is 7.87. The van der Waals surface area contributed by atoms with Gasteiger partial charge in [0.05, 0.1) is 6.61 Å². The number of hydrogen-bond acceptors (Lipinski definition) is 6. The minimum atomic E-state index is -4.16. The van der Waals surface area contributed by atoms with E-state index in [0.29, 0.717) is 16.8 Å². The summed E-state index contributed by atoms with van der Waals surface area (Å²) < 4.78 is 50.0. The van der Waals surface area contributed by atoms with Gasteiger partial charge in [0.1, 0.15) is 22.4 Å². The molecule has 0 fully saturated rings. The Morgan fingerprint density at radius 3 is 2.44 bits per heavy atom. The number of carbonyl (C=O) groups excluding carboxylic acids is 1. The Bertz CT molecular complexity index is 1430. The largest absolute Gasteiger partial charge is 0.490 e. The van der Waals surface area contributed by atoms with Crippen molar-refractivity contribution in [2.24, 2.45) is 0 Å². The van der Waals surface area contributed by atoms with Crippen LogP contribution in [0.2, 0.25) is 0 Å². The van der Waals surface area contributed by atoms with Gasteiger partial charge in [-0.2, -0.15) is 13.7 Å². The average Bonchev–Trinajstić information content (AvgIpc) is 2.86. The normalized spacial score (nSPS) is 11.3. The highest BCUT2D eigenvalue weighted by Crippen LogP contribution is 2.36. The van der Waals surface area contributed by atoms with Crippen molar-refractivity contribution in [2.45, 2.75) is 18.2 Å². The standard InChI is InChI=1S/C27H23FN2O5S/c1-3-8-20-15-19(16-21(18-29)27(31)30-23-13-11-22(28)12-14-23)17-25(34-4-2)26(20)35-36(32,33)24-9-6-5-7-10-24/h3,5-7,9-17H,1,4,8H2,2H3,(H,30,31)/b21-16+.